The Bertz CT molecular complexity index is 991. The maximum absolute atomic E-state index is 12.8. The molecule has 30 heavy (non-hydrogen) atoms. The number of rotatable bonds is 6. The highest BCUT2D eigenvalue weighted by atomic mass is 16.5. The molecule has 1 aromatic heterocycles. The van der Waals surface area contributed by atoms with Crippen LogP contribution in [0.2, 0.25) is 0 Å². The molecule has 0 spiro atoms. The molecule has 0 aliphatic carbocycles. The fourth-order valence-corrected chi connectivity index (χ4v) is 3.92. The van der Waals surface area contributed by atoms with Gasteiger partial charge in [-0.25, -0.2) is 4.98 Å². The van der Waals surface area contributed by atoms with E-state index in [0.29, 0.717) is 17.2 Å². The summed E-state index contributed by atoms with van der Waals surface area (Å²) in [7, 11) is 3.16. The Hall–Kier alpha value is -3.06. The van der Waals surface area contributed by atoms with Crippen molar-refractivity contribution < 1.29 is 18.7 Å². The maximum Gasteiger partial charge on any atom is 0.241 e. The second-order valence-corrected chi connectivity index (χ2v) is 7.57. The Morgan fingerprint density at radius 3 is 2.57 bits per heavy atom. The van der Waals surface area contributed by atoms with E-state index in [1.807, 2.05) is 37.3 Å². The van der Waals surface area contributed by atoms with E-state index in [9.17, 15) is 4.79 Å². The van der Waals surface area contributed by atoms with Crippen molar-refractivity contribution >= 4 is 22.7 Å². The van der Waals surface area contributed by atoms with Gasteiger partial charge in [0.05, 0.1) is 20.3 Å². The summed E-state index contributed by atoms with van der Waals surface area (Å²) in [5.74, 6) is 2.27. The third-order valence-corrected chi connectivity index (χ3v) is 5.77. The van der Waals surface area contributed by atoms with Crippen LogP contribution in [0, 0.1) is 0 Å². The minimum absolute atomic E-state index is 0.0393. The highest BCUT2D eigenvalue weighted by Crippen LogP contribution is 2.32. The van der Waals surface area contributed by atoms with Gasteiger partial charge >= 0.3 is 0 Å². The molecule has 4 rings (SSSR count). The molecule has 1 unspecified atom stereocenters. The Balaban J connectivity index is 1.35. The lowest BCUT2D eigenvalue weighted by atomic mass is 9.95. The molecule has 3 aromatic rings. The number of fused-ring (bicyclic) bond motifs is 1. The number of ether oxygens (including phenoxy) is 2. The fourth-order valence-electron chi connectivity index (χ4n) is 3.92. The fraction of sp³-hybridized carbons (Fsp3) is 0.391. The topological polar surface area (TPSA) is 76.8 Å². The molecule has 1 atom stereocenters. The number of hydrogen-bond donors (Lipinski definition) is 1. The number of hydrogen-bond acceptors (Lipinski definition) is 6. The first-order valence-electron chi connectivity index (χ1n) is 10.2. The Morgan fingerprint density at radius 2 is 1.87 bits per heavy atom. The van der Waals surface area contributed by atoms with E-state index in [-0.39, 0.29) is 17.9 Å². The van der Waals surface area contributed by atoms with Gasteiger partial charge in [-0.3, -0.25) is 9.69 Å². The minimum atomic E-state index is -0.234. The van der Waals surface area contributed by atoms with Gasteiger partial charge in [-0.2, -0.15) is 0 Å². The maximum atomic E-state index is 12.8. The van der Waals surface area contributed by atoms with Crippen LogP contribution in [0.3, 0.4) is 0 Å². The number of benzene rings is 2. The second kappa shape index (κ2) is 8.75. The Morgan fingerprint density at radius 1 is 1.13 bits per heavy atom. The lowest BCUT2D eigenvalue weighted by Gasteiger charge is -2.34. The normalized spacial score (nSPS) is 16.4. The molecule has 1 aliphatic heterocycles. The molecular weight excluding hydrogens is 382 g/mol. The molecule has 1 aliphatic rings. The predicted molar refractivity (Wildman–Crippen MR) is 115 cm³/mol. The summed E-state index contributed by atoms with van der Waals surface area (Å²) < 4.78 is 16.5. The summed E-state index contributed by atoms with van der Waals surface area (Å²) in [5.41, 5.74) is 2.42. The van der Waals surface area contributed by atoms with Gasteiger partial charge in [0, 0.05) is 17.7 Å². The van der Waals surface area contributed by atoms with Gasteiger partial charge in [0.15, 0.2) is 23.0 Å². The van der Waals surface area contributed by atoms with Crippen molar-refractivity contribution in [2.24, 2.45) is 0 Å². The molecule has 1 amide bonds. The number of amides is 1. The zero-order chi connectivity index (χ0) is 21.1. The lowest BCUT2D eigenvalue weighted by molar-refractivity contribution is -0.121. The van der Waals surface area contributed by atoms with Crippen LogP contribution in [0.4, 0.5) is 5.69 Å². The number of nitrogens with one attached hydrogen (secondary N) is 1. The van der Waals surface area contributed by atoms with Crippen LogP contribution in [0.5, 0.6) is 11.5 Å². The zero-order valence-corrected chi connectivity index (χ0v) is 17.6. The number of para-hydroxylation sites is 2. The molecule has 7 nitrogen and oxygen atoms in total. The van der Waals surface area contributed by atoms with Gasteiger partial charge in [0.25, 0.3) is 0 Å². The molecule has 1 N–H and O–H groups in total. The number of methoxy groups -OCH3 is 2. The first-order valence-corrected chi connectivity index (χ1v) is 10.2. The quantitative estimate of drug-likeness (QED) is 0.662. The van der Waals surface area contributed by atoms with Gasteiger partial charge in [0.1, 0.15) is 5.52 Å². The molecule has 1 saturated heterocycles. The van der Waals surface area contributed by atoms with E-state index in [1.165, 1.54) is 0 Å². The van der Waals surface area contributed by atoms with Crippen molar-refractivity contribution in [3.05, 3.63) is 48.4 Å². The van der Waals surface area contributed by atoms with Crippen LogP contribution in [0.1, 0.15) is 31.6 Å². The van der Waals surface area contributed by atoms with E-state index in [4.69, 9.17) is 13.9 Å². The summed E-state index contributed by atoms with van der Waals surface area (Å²) in [6.07, 6.45) is 1.83. The summed E-state index contributed by atoms with van der Waals surface area (Å²) in [4.78, 5) is 19.6. The summed E-state index contributed by atoms with van der Waals surface area (Å²) in [6, 6.07) is 13.0. The van der Waals surface area contributed by atoms with Crippen molar-refractivity contribution in [2.45, 2.75) is 31.7 Å². The van der Waals surface area contributed by atoms with Gasteiger partial charge in [-0.1, -0.05) is 12.1 Å². The van der Waals surface area contributed by atoms with Gasteiger partial charge in [-0.15, -0.1) is 0 Å². The van der Waals surface area contributed by atoms with E-state index in [1.54, 1.807) is 26.4 Å². The first kappa shape index (κ1) is 20.2. The van der Waals surface area contributed by atoms with Gasteiger partial charge in [-0.05, 0) is 57.1 Å². The number of oxazole rings is 1. The molecular formula is C23H27N3O4. The average molecular weight is 409 g/mol. The molecule has 0 saturated carbocycles. The zero-order valence-electron chi connectivity index (χ0n) is 17.6. The summed E-state index contributed by atoms with van der Waals surface area (Å²) >= 11 is 0. The smallest absolute Gasteiger partial charge is 0.241 e. The molecule has 158 valence electrons. The number of likely N-dealkylation sites (tertiary alicyclic amines) is 1. The number of nitrogens with zero attached hydrogens (tertiary/aromatic N) is 2. The first-order chi connectivity index (χ1) is 14.6. The Labute approximate surface area is 176 Å². The van der Waals surface area contributed by atoms with E-state index in [0.717, 1.165) is 42.9 Å². The van der Waals surface area contributed by atoms with Gasteiger partial charge < -0.3 is 19.2 Å². The monoisotopic (exact) mass is 409 g/mol. The van der Waals surface area contributed by atoms with Crippen LogP contribution in [0.25, 0.3) is 11.1 Å². The van der Waals surface area contributed by atoms with Crippen LogP contribution < -0.4 is 14.8 Å². The van der Waals surface area contributed by atoms with Crippen molar-refractivity contribution in [2.75, 3.05) is 32.6 Å². The number of anilines is 1. The standard InChI is InChI=1S/C23H27N3O4/c1-15(22(27)24-17-8-9-20(28-2)21(14-17)29-3)26-12-10-16(11-13-26)23-25-18-6-4-5-7-19(18)30-23/h4-9,14-16H,10-13H2,1-3H3,(H,24,27). The molecule has 7 heteroatoms. The second-order valence-electron chi connectivity index (χ2n) is 7.57. The largest absolute Gasteiger partial charge is 0.493 e. The van der Waals surface area contributed by atoms with Crippen LogP contribution >= 0.6 is 0 Å². The summed E-state index contributed by atoms with van der Waals surface area (Å²) in [5, 5.41) is 2.98. The third kappa shape index (κ3) is 4.11. The SMILES string of the molecule is COc1ccc(NC(=O)C(C)N2CCC(c3nc4ccccc4o3)CC2)cc1OC. The number of aromatic nitrogens is 1. The average Bonchev–Trinajstić information content (AvgIpc) is 3.23. The minimum Gasteiger partial charge on any atom is -0.493 e. The van der Waals surface area contributed by atoms with Crippen LogP contribution in [0.15, 0.2) is 46.9 Å². The summed E-state index contributed by atoms with van der Waals surface area (Å²) in [6.45, 7) is 3.59. The van der Waals surface area contributed by atoms with Crippen LogP contribution in [-0.2, 0) is 4.79 Å². The third-order valence-electron chi connectivity index (χ3n) is 5.77. The molecule has 1 fully saturated rings. The highest BCUT2D eigenvalue weighted by molar-refractivity contribution is 5.94. The van der Waals surface area contributed by atoms with Crippen molar-refractivity contribution in [1.82, 2.24) is 9.88 Å². The van der Waals surface area contributed by atoms with E-state index < -0.39 is 0 Å². The number of piperidine rings is 1. The predicted octanol–water partition coefficient (Wildman–Crippen LogP) is 4.05. The van der Waals surface area contributed by atoms with Crippen molar-refractivity contribution in [1.29, 1.82) is 0 Å². The number of carbonyl (C=O) groups excluding carboxylic acids is 1. The molecule has 0 bridgehead atoms. The Kier molecular flexibility index (Phi) is 5.90. The van der Waals surface area contributed by atoms with Crippen molar-refractivity contribution in [3.63, 3.8) is 0 Å². The lowest BCUT2D eigenvalue weighted by Crippen LogP contribution is -2.45. The molecule has 2 aromatic carbocycles. The highest BCUT2D eigenvalue weighted by Gasteiger charge is 2.29. The van der Waals surface area contributed by atoms with E-state index >= 15 is 0 Å². The number of carbonyl (C=O) groups is 1. The van der Waals surface area contributed by atoms with Crippen LogP contribution in [-0.4, -0.2) is 49.1 Å². The van der Waals surface area contributed by atoms with Crippen molar-refractivity contribution in [3.8, 4) is 11.5 Å². The van der Waals surface area contributed by atoms with E-state index in [2.05, 4.69) is 15.2 Å². The van der Waals surface area contributed by atoms with Gasteiger partial charge in [0.2, 0.25) is 5.91 Å². The molecule has 0 radical (unpaired) electrons. The molecule has 2 heterocycles.